The Morgan fingerprint density at radius 2 is 1.86 bits per heavy atom. The van der Waals surface area contributed by atoms with E-state index in [9.17, 15) is 9.59 Å². The third kappa shape index (κ3) is 2.94. The molecule has 0 saturated carbocycles. The van der Waals surface area contributed by atoms with Crippen molar-refractivity contribution < 1.29 is 4.79 Å². The predicted molar refractivity (Wildman–Crippen MR) is 87.4 cm³/mol. The summed E-state index contributed by atoms with van der Waals surface area (Å²) in [6.45, 7) is 9.29. The van der Waals surface area contributed by atoms with Crippen LogP contribution in [0.1, 0.15) is 40.5 Å². The number of hydrogen-bond donors (Lipinski definition) is 1. The number of hydrogen-bond acceptors (Lipinski definition) is 5. The second-order valence-electron chi connectivity index (χ2n) is 5.58. The van der Waals surface area contributed by atoms with Crippen LogP contribution in [-0.4, -0.2) is 26.7 Å². The van der Waals surface area contributed by atoms with Crippen LogP contribution in [0.4, 0.5) is 0 Å². The van der Waals surface area contributed by atoms with Crippen LogP contribution in [-0.2, 0) is 7.05 Å². The Morgan fingerprint density at radius 3 is 2.45 bits per heavy atom. The number of thiazole rings is 1. The molecule has 22 heavy (non-hydrogen) atoms. The van der Waals surface area contributed by atoms with Crippen molar-refractivity contribution in [2.45, 2.75) is 40.7 Å². The third-order valence-corrected chi connectivity index (χ3v) is 4.54. The molecule has 0 aliphatic carbocycles. The van der Waals surface area contributed by atoms with Crippen molar-refractivity contribution >= 4 is 17.2 Å². The van der Waals surface area contributed by atoms with Gasteiger partial charge in [0.2, 0.25) is 0 Å². The van der Waals surface area contributed by atoms with Gasteiger partial charge in [-0.15, -0.1) is 11.3 Å². The zero-order valence-electron chi connectivity index (χ0n) is 13.6. The highest BCUT2D eigenvalue weighted by molar-refractivity contribution is 7.17. The fraction of sp³-hybridized carbons (Fsp3) is 0.467. The molecule has 0 aliphatic rings. The molecule has 0 unspecified atom stereocenters. The Morgan fingerprint density at radius 1 is 1.23 bits per heavy atom. The molecular weight excluding hydrogens is 300 g/mol. The summed E-state index contributed by atoms with van der Waals surface area (Å²) in [4.78, 5) is 29.5. The summed E-state index contributed by atoms with van der Waals surface area (Å²) in [7, 11) is 1.62. The van der Waals surface area contributed by atoms with Crippen LogP contribution in [0.3, 0.4) is 0 Å². The molecule has 2 heterocycles. The van der Waals surface area contributed by atoms with Gasteiger partial charge in [-0.05, 0) is 40.2 Å². The van der Waals surface area contributed by atoms with Gasteiger partial charge in [0.25, 0.3) is 11.5 Å². The third-order valence-electron chi connectivity index (χ3n) is 3.36. The zero-order chi connectivity index (χ0) is 16.6. The maximum atomic E-state index is 12.4. The van der Waals surface area contributed by atoms with Crippen LogP contribution in [0.15, 0.2) is 4.79 Å². The fourth-order valence-corrected chi connectivity index (χ4v) is 3.21. The van der Waals surface area contributed by atoms with Gasteiger partial charge in [0, 0.05) is 13.1 Å². The van der Waals surface area contributed by atoms with E-state index in [1.165, 1.54) is 16.0 Å². The van der Waals surface area contributed by atoms with Gasteiger partial charge in [-0.2, -0.15) is 5.10 Å². The van der Waals surface area contributed by atoms with Crippen molar-refractivity contribution in [2.75, 3.05) is 0 Å². The van der Waals surface area contributed by atoms with Gasteiger partial charge in [-0.3, -0.25) is 9.59 Å². The van der Waals surface area contributed by atoms with Gasteiger partial charge in [0.15, 0.2) is 0 Å². The molecule has 6 nitrogen and oxygen atoms in total. The lowest BCUT2D eigenvalue weighted by atomic mass is 10.1. The highest BCUT2D eigenvalue weighted by Crippen LogP contribution is 2.28. The molecular formula is C15H20N4O2S. The quantitative estimate of drug-likeness (QED) is 0.938. The molecule has 0 bridgehead atoms. The molecule has 1 N–H and O–H groups in total. The van der Waals surface area contributed by atoms with E-state index in [-0.39, 0.29) is 17.5 Å². The van der Waals surface area contributed by atoms with Crippen molar-refractivity contribution in [3.8, 4) is 10.6 Å². The van der Waals surface area contributed by atoms with Crippen LogP contribution in [0.2, 0.25) is 0 Å². The second kappa shape index (κ2) is 6.00. The zero-order valence-corrected chi connectivity index (χ0v) is 14.5. The van der Waals surface area contributed by atoms with Crippen molar-refractivity contribution in [1.82, 2.24) is 20.1 Å². The highest BCUT2D eigenvalue weighted by atomic mass is 32.1. The summed E-state index contributed by atoms with van der Waals surface area (Å²) in [6.07, 6.45) is 0. The van der Waals surface area contributed by atoms with Crippen molar-refractivity contribution in [2.24, 2.45) is 7.05 Å². The lowest BCUT2D eigenvalue weighted by Crippen LogP contribution is -2.29. The number of nitrogens with one attached hydrogen (secondary N) is 1. The smallest absolute Gasteiger partial charge is 0.277 e. The van der Waals surface area contributed by atoms with Gasteiger partial charge in [0.1, 0.15) is 9.88 Å². The summed E-state index contributed by atoms with van der Waals surface area (Å²) in [5.41, 5.74) is 2.53. The van der Waals surface area contributed by atoms with Gasteiger partial charge in [-0.25, -0.2) is 9.67 Å². The normalized spacial score (nSPS) is 11.0. The first kappa shape index (κ1) is 16.4. The Kier molecular flexibility index (Phi) is 4.46. The average Bonchev–Trinajstić information content (AvgIpc) is 2.78. The first-order chi connectivity index (χ1) is 10.2. The SMILES string of the molecule is Cc1nc(-c2c(C)c(C)nn(C)c2=O)sc1C(=O)NC(C)C. The Labute approximate surface area is 133 Å². The number of rotatable bonds is 3. The number of aryl methyl sites for hydroxylation is 3. The molecule has 2 aromatic heterocycles. The standard InChI is InChI=1S/C15H20N4O2S/c1-7(2)16-13(20)12-10(5)17-14(22-12)11-8(3)9(4)18-19(6)15(11)21/h7H,1-6H3,(H,16,20). The monoisotopic (exact) mass is 320 g/mol. The Hall–Kier alpha value is -2.02. The topological polar surface area (TPSA) is 76.9 Å². The van der Waals surface area contributed by atoms with Crippen molar-refractivity contribution in [3.63, 3.8) is 0 Å². The van der Waals surface area contributed by atoms with E-state index in [0.717, 1.165) is 11.3 Å². The molecule has 118 valence electrons. The average molecular weight is 320 g/mol. The molecule has 2 rings (SSSR count). The first-order valence-electron chi connectivity index (χ1n) is 7.05. The summed E-state index contributed by atoms with van der Waals surface area (Å²) in [5.74, 6) is -0.156. The summed E-state index contributed by atoms with van der Waals surface area (Å²) >= 11 is 1.24. The van der Waals surface area contributed by atoms with Crippen LogP contribution in [0.5, 0.6) is 0 Å². The molecule has 2 aromatic rings. The fourth-order valence-electron chi connectivity index (χ4n) is 2.14. The van der Waals surface area contributed by atoms with E-state index in [1.54, 1.807) is 14.0 Å². The molecule has 0 aromatic carbocycles. The minimum absolute atomic E-state index is 0.0511. The van der Waals surface area contributed by atoms with Crippen LogP contribution >= 0.6 is 11.3 Å². The van der Waals surface area contributed by atoms with E-state index in [0.29, 0.717) is 21.1 Å². The van der Waals surface area contributed by atoms with E-state index in [2.05, 4.69) is 15.4 Å². The largest absolute Gasteiger partial charge is 0.349 e. The Bertz CT molecular complexity index is 790. The molecule has 0 fully saturated rings. The number of aromatic nitrogens is 3. The van der Waals surface area contributed by atoms with Gasteiger partial charge in [0.05, 0.1) is 17.0 Å². The van der Waals surface area contributed by atoms with Crippen molar-refractivity contribution in [1.29, 1.82) is 0 Å². The minimum atomic E-state index is -0.201. The minimum Gasteiger partial charge on any atom is -0.349 e. The second-order valence-corrected chi connectivity index (χ2v) is 6.57. The maximum absolute atomic E-state index is 12.4. The molecule has 0 saturated heterocycles. The highest BCUT2D eigenvalue weighted by Gasteiger charge is 2.21. The lowest BCUT2D eigenvalue weighted by molar-refractivity contribution is 0.0946. The molecule has 7 heteroatoms. The first-order valence-corrected chi connectivity index (χ1v) is 7.87. The molecule has 0 radical (unpaired) electrons. The Balaban J connectivity index is 2.57. The van der Waals surface area contributed by atoms with Crippen molar-refractivity contribution in [3.05, 3.63) is 32.2 Å². The van der Waals surface area contributed by atoms with Crippen LogP contribution in [0.25, 0.3) is 10.6 Å². The molecule has 0 atom stereocenters. The summed E-state index contributed by atoms with van der Waals surface area (Å²) in [6, 6.07) is 0.0511. The maximum Gasteiger partial charge on any atom is 0.277 e. The number of amides is 1. The molecule has 1 amide bonds. The van der Waals surface area contributed by atoms with Gasteiger partial charge in [-0.1, -0.05) is 0 Å². The van der Waals surface area contributed by atoms with Crippen LogP contribution in [0, 0.1) is 20.8 Å². The lowest BCUT2D eigenvalue weighted by Gasteiger charge is -2.07. The van der Waals surface area contributed by atoms with Gasteiger partial charge >= 0.3 is 0 Å². The number of carbonyl (C=O) groups excluding carboxylic acids is 1. The number of carbonyl (C=O) groups is 1. The summed E-state index contributed by atoms with van der Waals surface area (Å²) < 4.78 is 1.31. The van der Waals surface area contributed by atoms with Crippen LogP contribution < -0.4 is 10.9 Å². The van der Waals surface area contributed by atoms with E-state index >= 15 is 0 Å². The number of nitrogens with zero attached hydrogens (tertiary/aromatic N) is 3. The predicted octanol–water partition coefficient (Wildman–Crippen LogP) is 1.97. The van der Waals surface area contributed by atoms with E-state index < -0.39 is 0 Å². The van der Waals surface area contributed by atoms with Gasteiger partial charge < -0.3 is 5.32 Å². The molecule has 0 spiro atoms. The molecule has 0 aliphatic heterocycles. The van der Waals surface area contributed by atoms with E-state index in [1.807, 2.05) is 27.7 Å². The van der Waals surface area contributed by atoms with E-state index in [4.69, 9.17) is 0 Å². The summed E-state index contributed by atoms with van der Waals surface area (Å²) in [5, 5.41) is 7.58.